The van der Waals surface area contributed by atoms with Crippen molar-refractivity contribution in [2.45, 2.75) is 25.0 Å². The van der Waals surface area contributed by atoms with E-state index >= 15 is 0 Å². The first kappa shape index (κ1) is 25.7. The molecule has 3 atom stereocenters. The maximum atomic E-state index is 13.3. The summed E-state index contributed by atoms with van der Waals surface area (Å²) < 4.78 is 13.0. The lowest BCUT2D eigenvalue weighted by molar-refractivity contribution is -0.384. The highest BCUT2D eigenvalue weighted by molar-refractivity contribution is 8.22. The van der Waals surface area contributed by atoms with E-state index in [1.165, 1.54) is 70.5 Å². The van der Waals surface area contributed by atoms with Crippen LogP contribution in [0.5, 0.6) is 0 Å². The van der Waals surface area contributed by atoms with Gasteiger partial charge in [0.05, 0.1) is 22.0 Å². The number of fused-ring (bicyclic) bond motifs is 1. The van der Waals surface area contributed by atoms with Crippen LogP contribution >= 0.6 is 23.5 Å². The number of benzene rings is 1. The van der Waals surface area contributed by atoms with E-state index < -0.39 is 40.2 Å². The monoisotopic (exact) mass is 534 g/mol. The topological polar surface area (TPSA) is 154 Å². The fourth-order valence-electron chi connectivity index (χ4n) is 3.86. The van der Waals surface area contributed by atoms with E-state index in [9.17, 15) is 29.6 Å². The summed E-state index contributed by atoms with van der Waals surface area (Å²) in [5, 5.41) is 23.7. The number of nitro benzene ring substituents is 1. The average Bonchev–Trinajstić information content (AvgIpc) is 3.42. The van der Waals surface area contributed by atoms with Gasteiger partial charge < -0.3 is 14.6 Å². The van der Waals surface area contributed by atoms with E-state index in [1.54, 1.807) is 13.2 Å². The zero-order valence-corrected chi connectivity index (χ0v) is 20.9. The van der Waals surface area contributed by atoms with Crippen molar-refractivity contribution in [3.8, 4) is 0 Å². The summed E-state index contributed by atoms with van der Waals surface area (Å²) >= 11 is 2.50. The van der Waals surface area contributed by atoms with E-state index in [-0.39, 0.29) is 24.6 Å². The molecule has 0 radical (unpaired) electrons. The second-order valence-electron chi connectivity index (χ2n) is 7.93. The number of thioether (sulfide) groups is 2. The molecule has 1 fully saturated rings. The normalized spacial score (nSPS) is 19.5. The minimum absolute atomic E-state index is 0.0689. The summed E-state index contributed by atoms with van der Waals surface area (Å²) in [7, 11) is 1.71. The van der Waals surface area contributed by atoms with Gasteiger partial charge in [-0.2, -0.15) is 5.10 Å². The number of nitro groups is 1. The third-order valence-electron chi connectivity index (χ3n) is 5.45. The molecule has 36 heavy (non-hydrogen) atoms. The Labute approximate surface area is 213 Å². The molecule has 3 heterocycles. The number of ether oxygens (including phenoxy) is 2. The van der Waals surface area contributed by atoms with Crippen LogP contribution in [0.3, 0.4) is 0 Å². The number of aliphatic hydroxyl groups excluding tert-OH is 1. The lowest BCUT2D eigenvalue weighted by Gasteiger charge is -2.45. The van der Waals surface area contributed by atoms with E-state index in [0.717, 1.165) is 0 Å². The first-order valence-corrected chi connectivity index (χ1v) is 12.6. The van der Waals surface area contributed by atoms with Crippen LogP contribution in [0.1, 0.15) is 24.2 Å². The lowest BCUT2D eigenvalue weighted by atomic mass is 9.88. The number of aryl methyl sites for hydroxylation is 1. The Kier molecular flexibility index (Phi) is 7.66. The van der Waals surface area contributed by atoms with E-state index in [0.29, 0.717) is 21.1 Å². The van der Waals surface area contributed by atoms with Crippen molar-refractivity contribution in [3.63, 3.8) is 0 Å². The van der Waals surface area contributed by atoms with Crippen LogP contribution in [0.2, 0.25) is 0 Å². The maximum Gasteiger partial charge on any atom is 0.357 e. The summed E-state index contributed by atoms with van der Waals surface area (Å²) in [5.74, 6) is -2.13. The number of aliphatic hydroxyl groups is 1. The fraction of sp³-hybridized carbons (Fsp3) is 0.364. The maximum absolute atomic E-state index is 13.3. The van der Waals surface area contributed by atoms with Gasteiger partial charge in [0, 0.05) is 43.6 Å². The van der Waals surface area contributed by atoms with Gasteiger partial charge in [-0.15, -0.1) is 11.8 Å². The van der Waals surface area contributed by atoms with Crippen molar-refractivity contribution in [2.24, 2.45) is 13.0 Å². The molecule has 1 N–H and O–H groups in total. The molecule has 2 aromatic rings. The SMILES string of the molecule is CC(=O)OC(c1cnn(C)c1)C1C(=O)N2C(C(=O)OCc3ccc([N+](=O)[O-])cc3)=C(SCCO)SC12. The predicted molar refractivity (Wildman–Crippen MR) is 129 cm³/mol. The number of esters is 2. The standard InChI is InChI=1S/C22H22N4O8S2/c1-12(28)34-18(14-9-23-24(2)10-14)16-19(29)25-17(22(35-8-7-27)36-20(16)25)21(30)33-11-13-3-5-15(6-4-13)26(31)32/h3-6,9-10,16,18,20,27H,7-8,11H2,1-2H3. The molecule has 14 heteroatoms. The van der Waals surface area contributed by atoms with Gasteiger partial charge in [0.15, 0.2) is 5.70 Å². The van der Waals surface area contributed by atoms with Crippen LogP contribution in [-0.2, 0) is 37.5 Å². The van der Waals surface area contributed by atoms with Crippen LogP contribution in [0, 0.1) is 16.0 Å². The zero-order chi connectivity index (χ0) is 26.0. The van der Waals surface area contributed by atoms with Crippen molar-refractivity contribution in [1.82, 2.24) is 14.7 Å². The van der Waals surface area contributed by atoms with E-state index in [2.05, 4.69) is 5.10 Å². The van der Waals surface area contributed by atoms with Crippen molar-refractivity contribution >= 4 is 47.1 Å². The van der Waals surface area contributed by atoms with Crippen molar-refractivity contribution in [3.05, 3.63) is 67.8 Å². The van der Waals surface area contributed by atoms with E-state index in [4.69, 9.17) is 9.47 Å². The minimum atomic E-state index is -0.878. The van der Waals surface area contributed by atoms with Gasteiger partial charge in [-0.1, -0.05) is 11.8 Å². The molecule has 2 aliphatic heterocycles. The fourth-order valence-corrected chi connectivity index (χ4v) is 6.51. The molecule has 3 unspecified atom stereocenters. The number of amides is 1. The molecule has 0 spiro atoms. The number of nitrogens with zero attached hydrogens (tertiary/aromatic N) is 4. The molecule has 0 bridgehead atoms. The van der Waals surface area contributed by atoms with Gasteiger partial charge in [-0.3, -0.25) is 29.3 Å². The Morgan fingerprint density at radius 3 is 2.64 bits per heavy atom. The predicted octanol–water partition coefficient (Wildman–Crippen LogP) is 2.10. The van der Waals surface area contributed by atoms with Gasteiger partial charge in [-0.25, -0.2) is 4.79 Å². The number of carbonyl (C=O) groups excluding carboxylic acids is 3. The molecular weight excluding hydrogens is 512 g/mol. The van der Waals surface area contributed by atoms with Gasteiger partial charge in [0.2, 0.25) is 5.91 Å². The molecule has 1 aromatic carbocycles. The molecule has 1 amide bonds. The number of β-lactam (4-membered cyclic amide) rings is 1. The summed E-state index contributed by atoms with van der Waals surface area (Å²) in [6, 6.07) is 5.58. The third-order valence-corrected chi connectivity index (χ3v) is 8.09. The van der Waals surface area contributed by atoms with Crippen LogP contribution in [0.4, 0.5) is 5.69 Å². The number of rotatable bonds is 10. The van der Waals surface area contributed by atoms with Gasteiger partial charge in [-0.05, 0) is 17.7 Å². The summed E-state index contributed by atoms with van der Waals surface area (Å²) in [4.78, 5) is 49.8. The molecule has 12 nitrogen and oxygen atoms in total. The summed E-state index contributed by atoms with van der Waals surface area (Å²) in [5.41, 5.74) is 1.09. The van der Waals surface area contributed by atoms with Crippen LogP contribution in [0.15, 0.2) is 46.6 Å². The number of non-ortho nitro benzene ring substituents is 1. The van der Waals surface area contributed by atoms with E-state index in [1.807, 2.05) is 0 Å². The molecule has 0 aliphatic carbocycles. The Balaban J connectivity index is 1.53. The molecule has 0 saturated carbocycles. The summed E-state index contributed by atoms with van der Waals surface area (Å²) in [6.45, 7) is 0.978. The number of hydrogen-bond donors (Lipinski definition) is 1. The average molecular weight is 535 g/mol. The number of carbonyl (C=O) groups is 3. The first-order valence-electron chi connectivity index (χ1n) is 10.7. The molecular formula is C22H22N4O8S2. The molecule has 2 aliphatic rings. The highest BCUT2D eigenvalue weighted by Crippen LogP contribution is 2.56. The van der Waals surface area contributed by atoms with Gasteiger partial charge in [0.25, 0.3) is 5.69 Å². The van der Waals surface area contributed by atoms with Crippen molar-refractivity contribution in [2.75, 3.05) is 12.4 Å². The Hall–Kier alpha value is -3.36. The summed E-state index contributed by atoms with van der Waals surface area (Å²) in [6.07, 6.45) is 2.31. The van der Waals surface area contributed by atoms with Gasteiger partial charge >= 0.3 is 11.9 Å². The second-order valence-corrected chi connectivity index (χ2v) is 10.4. The second kappa shape index (κ2) is 10.7. The van der Waals surface area contributed by atoms with Gasteiger partial charge in [0.1, 0.15) is 24.0 Å². The van der Waals surface area contributed by atoms with Crippen LogP contribution in [0.25, 0.3) is 0 Å². The largest absolute Gasteiger partial charge is 0.457 e. The third kappa shape index (κ3) is 5.10. The Morgan fingerprint density at radius 1 is 1.33 bits per heavy atom. The Bertz CT molecular complexity index is 1230. The Morgan fingerprint density at radius 2 is 2.06 bits per heavy atom. The smallest absolute Gasteiger partial charge is 0.357 e. The highest BCUT2D eigenvalue weighted by Gasteiger charge is 2.60. The molecule has 1 aromatic heterocycles. The quantitative estimate of drug-likeness (QED) is 0.206. The van der Waals surface area contributed by atoms with Crippen LogP contribution < -0.4 is 0 Å². The molecule has 190 valence electrons. The highest BCUT2D eigenvalue weighted by atomic mass is 32.2. The van der Waals surface area contributed by atoms with Crippen LogP contribution in [-0.4, -0.2) is 60.3 Å². The molecule has 1 saturated heterocycles. The zero-order valence-electron chi connectivity index (χ0n) is 19.2. The lowest BCUT2D eigenvalue weighted by Crippen LogP contribution is -2.59. The number of aromatic nitrogens is 2. The molecule has 4 rings (SSSR count). The van der Waals surface area contributed by atoms with Crippen molar-refractivity contribution < 1.29 is 33.9 Å². The van der Waals surface area contributed by atoms with Crippen molar-refractivity contribution in [1.29, 1.82) is 0 Å². The number of hydrogen-bond acceptors (Lipinski definition) is 11. The minimum Gasteiger partial charge on any atom is -0.457 e. The first-order chi connectivity index (χ1) is 17.2.